The van der Waals surface area contributed by atoms with Crippen LogP contribution in [0.4, 0.5) is 11.4 Å². The lowest BCUT2D eigenvalue weighted by Gasteiger charge is -2.39. The Morgan fingerprint density at radius 3 is 2.36 bits per heavy atom. The number of rotatable bonds is 1. The Labute approximate surface area is 151 Å². The predicted molar refractivity (Wildman–Crippen MR) is 109 cm³/mol. The number of benzene rings is 2. The molecule has 1 aliphatic rings. The van der Waals surface area contributed by atoms with E-state index in [9.17, 15) is 0 Å². The molecule has 1 aliphatic heterocycles. The lowest BCUT2D eigenvalue weighted by molar-refractivity contribution is -0.660. The van der Waals surface area contributed by atoms with Crippen molar-refractivity contribution in [3.8, 4) is 11.3 Å². The quantitative estimate of drug-likeness (QED) is 0.484. The molecule has 0 spiro atoms. The predicted octanol–water partition coefficient (Wildman–Crippen LogP) is 3.39. The molecule has 4 rings (SSSR count). The van der Waals surface area contributed by atoms with E-state index in [4.69, 9.17) is 0 Å². The largest absolute Gasteiger partial charge is 0.345 e. The summed E-state index contributed by atoms with van der Waals surface area (Å²) < 4.78 is 2.21. The van der Waals surface area contributed by atoms with E-state index in [-0.39, 0.29) is 0 Å². The van der Waals surface area contributed by atoms with Gasteiger partial charge in [-0.25, -0.2) is 4.57 Å². The van der Waals surface area contributed by atoms with E-state index in [1.165, 1.54) is 38.6 Å². The van der Waals surface area contributed by atoms with Gasteiger partial charge in [0.2, 0.25) is 5.69 Å². The maximum atomic E-state index is 2.47. The van der Waals surface area contributed by atoms with Crippen molar-refractivity contribution < 1.29 is 4.57 Å². The molecule has 2 nitrogen and oxygen atoms in total. The van der Waals surface area contributed by atoms with Crippen LogP contribution in [-0.4, -0.2) is 15.1 Å². The smallest absolute Gasteiger partial charge is 0.212 e. The molecule has 3 aromatic rings. The zero-order valence-corrected chi connectivity index (χ0v) is 16.7. The molecule has 2 heterocycles. The number of hydrogen-bond acceptors (Lipinski definition) is 1. The van der Waals surface area contributed by atoms with Gasteiger partial charge >= 0.3 is 0 Å². The van der Waals surface area contributed by atoms with Crippen LogP contribution in [0.2, 0.25) is 13.1 Å². The normalized spacial score (nSPS) is 14.8. The van der Waals surface area contributed by atoms with Gasteiger partial charge in [0, 0.05) is 36.1 Å². The fraction of sp³-hybridized carbons (Fsp3) is 0.227. The van der Waals surface area contributed by atoms with Gasteiger partial charge in [-0.1, -0.05) is 31.3 Å². The van der Waals surface area contributed by atoms with Gasteiger partial charge in [0.25, 0.3) is 0 Å². The first-order valence-corrected chi connectivity index (χ1v) is 11.8. The van der Waals surface area contributed by atoms with E-state index in [1.54, 1.807) is 0 Å². The van der Waals surface area contributed by atoms with Crippen molar-refractivity contribution in [1.29, 1.82) is 0 Å². The first kappa shape index (κ1) is 16.1. The molecule has 0 aliphatic carbocycles. The number of pyridine rings is 1. The number of para-hydroxylation sites is 1. The minimum absolute atomic E-state index is 1.27. The molecule has 0 fully saturated rings. The second-order valence-corrected chi connectivity index (χ2v) is 11.9. The molecule has 25 heavy (non-hydrogen) atoms. The van der Waals surface area contributed by atoms with Gasteiger partial charge in [-0.05, 0) is 47.1 Å². The molecule has 0 atom stereocenters. The van der Waals surface area contributed by atoms with E-state index in [1.807, 2.05) is 0 Å². The van der Waals surface area contributed by atoms with E-state index in [0.29, 0.717) is 0 Å². The summed E-state index contributed by atoms with van der Waals surface area (Å²) in [6.45, 7) is 7.18. The minimum atomic E-state index is -1.73. The van der Waals surface area contributed by atoms with Crippen molar-refractivity contribution >= 4 is 29.8 Å². The third-order valence-electron chi connectivity index (χ3n) is 5.65. The molecular formula is C22H25N2Si+. The summed E-state index contributed by atoms with van der Waals surface area (Å²) in [7, 11) is 2.59. The Morgan fingerprint density at radius 2 is 1.60 bits per heavy atom. The molecule has 126 valence electrons. The number of nitrogens with zero attached hydrogens (tertiary/aromatic N) is 2. The summed E-state index contributed by atoms with van der Waals surface area (Å²) >= 11 is 0. The second-order valence-electron chi connectivity index (χ2n) is 7.58. The standard InChI is InChI=1S/C22H25N2Si/c1-16-14-20-22(15-17(16)18-10-8-9-13-23(18)2)25(4,5)21-12-7-6-11-19(21)24(20)3/h6-15H,1-5H3/q+1. The van der Waals surface area contributed by atoms with E-state index in [0.717, 1.165) is 0 Å². The first-order valence-electron chi connectivity index (χ1n) is 8.84. The monoisotopic (exact) mass is 345 g/mol. The van der Waals surface area contributed by atoms with Gasteiger partial charge in [-0.15, -0.1) is 0 Å². The average Bonchev–Trinajstić information content (AvgIpc) is 2.60. The van der Waals surface area contributed by atoms with Crippen LogP contribution < -0.4 is 19.8 Å². The van der Waals surface area contributed by atoms with Crippen molar-refractivity contribution in [3.05, 3.63) is 66.4 Å². The highest BCUT2D eigenvalue weighted by Gasteiger charge is 2.37. The Morgan fingerprint density at radius 1 is 0.880 bits per heavy atom. The summed E-state index contributed by atoms with van der Waals surface area (Å²) in [5.74, 6) is 0. The van der Waals surface area contributed by atoms with E-state index < -0.39 is 8.07 Å². The second kappa shape index (κ2) is 5.56. The number of aryl methyl sites for hydroxylation is 2. The molecule has 0 bridgehead atoms. The highest BCUT2D eigenvalue weighted by Crippen LogP contribution is 2.33. The van der Waals surface area contributed by atoms with E-state index in [2.05, 4.69) is 104 Å². The fourth-order valence-corrected chi connectivity index (χ4v) is 7.20. The van der Waals surface area contributed by atoms with Gasteiger partial charge < -0.3 is 4.90 Å². The van der Waals surface area contributed by atoms with Crippen LogP contribution in [0.25, 0.3) is 11.3 Å². The zero-order chi connectivity index (χ0) is 17.8. The number of anilines is 2. The molecule has 2 aromatic carbocycles. The molecule has 0 saturated heterocycles. The maximum Gasteiger partial charge on any atom is 0.212 e. The first-order chi connectivity index (χ1) is 11.9. The molecule has 0 amide bonds. The van der Waals surface area contributed by atoms with Crippen LogP contribution in [0, 0.1) is 6.92 Å². The Balaban J connectivity index is 1.99. The highest BCUT2D eigenvalue weighted by atomic mass is 28.3. The third-order valence-corrected chi connectivity index (χ3v) is 9.16. The van der Waals surface area contributed by atoms with Crippen molar-refractivity contribution in [2.75, 3.05) is 11.9 Å². The Kier molecular flexibility index (Phi) is 3.58. The Hall–Kier alpha value is -2.39. The third kappa shape index (κ3) is 2.34. The summed E-state index contributed by atoms with van der Waals surface area (Å²) in [5.41, 5.74) is 6.68. The van der Waals surface area contributed by atoms with Crippen LogP contribution in [0.1, 0.15) is 5.56 Å². The van der Waals surface area contributed by atoms with Gasteiger partial charge in [-0.2, -0.15) is 0 Å². The van der Waals surface area contributed by atoms with Crippen molar-refractivity contribution in [1.82, 2.24) is 0 Å². The lowest BCUT2D eigenvalue weighted by Crippen LogP contribution is -2.58. The van der Waals surface area contributed by atoms with Crippen LogP contribution in [0.15, 0.2) is 60.8 Å². The number of aromatic nitrogens is 1. The SMILES string of the molecule is Cc1cc2c(cc1-c1cccc[n+]1C)[Si](C)(C)c1ccccc1N2C. The molecule has 0 unspecified atom stereocenters. The topological polar surface area (TPSA) is 7.12 Å². The van der Waals surface area contributed by atoms with Crippen LogP contribution in [0.3, 0.4) is 0 Å². The van der Waals surface area contributed by atoms with Crippen molar-refractivity contribution in [2.45, 2.75) is 20.0 Å². The molecule has 3 heteroatoms. The Bertz CT molecular complexity index is 976. The summed E-state index contributed by atoms with van der Waals surface area (Å²) in [6, 6.07) is 20.2. The summed E-state index contributed by atoms with van der Waals surface area (Å²) in [5, 5.41) is 3.05. The van der Waals surface area contributed by atoms with Gasteiger partial charge in [0.15, 0.2) is 6.20 Å². The van der Waals surface area contributed by atoms with Crippen molar-refractivity contribution in [3.63, 3.8) is 0 Å². The summed E-state index contributed by atoms with van der Waals surface area (Å²) in [6.07, 6.45) is 2.12. The highest BCUT2D eigenvalue weighted by molar-refractivity contribution is 7.02. The minimum Gasteiger partial charge on any atom is -0.345 e. The fourth-order valence-electron chi connectivity index (χ4n) is 4.12. The van der Waals surface area contributed by atoms with Gasteiger partial charge in [0.1, 0.15) is 15.1 Å². The van der Waals surface area contributed by atoms with Crippen LogP contribution in [-0.2, 0) is 7.05 Å². The molecule has 1 aromatic heterocycles. The van der Waals surface area contributed by atoms with Crippen molar-refractivity contribution in [2.24, 2.45) is 7.05 Å². The molecule has 0 N–H and O–H groups in total. The average molecular weight is 346 g/mol. The van der Waals surface area contributed by atoms with Crippen LogP contribution in [0.5, 0.6) is 0 Å². The number of hydrogen-bond donors (Lipinski definition) is 0. The molecule has 0 radical (unpaired) electrons. The maximum absolute atomic E-state index is 2.47. The van der Waals surface area contributed by atoms with E-state index >= 15 is 0 Å². The van der Waals surface area contributed by atoms with Gasteiger partial charge in [-0.3, -0.25) is 0 Å². The van der Waals surface area contributed by atoms with Gasteiger partial charge in [0.05, 0.1) is 0 Å². The lowest BCUT2D eigenvalue weighted by atomic mass is 10.0. The molecular weight excluding hydrogens is 320 g/mol. The molecule has 0 saturated carbocycles. The number of fused-ring (bicyclic) bond motifs is 2. The summed E-state index contributed by atoms with van der Waals surface area (Å²) in [4.78, 5) is 2.37. The zero-order valence-electron chi connectivity index (χ0n) is 15.7. The van der Waals surface area contributed by atoms with Crippen LogP contribution >= 0.6 is 0 Å².